The minimum Gasteiger partial charge on any atom is -0.355 e. The van der Waals surface area contributed by atoms with E-state index >= 15 is 0 Å². The van der Waals surface area contributed by atoms with E-state index in [9.17, 15) is 4.79 Å². The van der Waals surface area contributed by atoms with Crippen LogP contribution in [0.25, 0.3) is 10.6 Å². The molecule has 1 saturated carbocycles. The first-order valence-electron chi connectivity index (χ1n) is 9.15. The van der Waals surface area contributed by atoms with E-state index in [2.05, 4.69) is 41.9 Å². The number of rotatable bonds is 6. The molecule has 138 valence electrons. The molecule has 27 heavy (non-hydrogen) atoms. The summed E-state index contributed by atoms with van der Waals surface area (Å²) in [5.41, 5.74) is 4.49. The van der Waals surface area contributed by atoms with E-state index < -0.39 is 0 Å². The number of amides is 1. The first-order chi connectivity index (χ1) is 13.1. The summed E-state index contributed by atoms with van der Waals surface area (Å²) >= 11 is 7.88. The molecule has 3 aromatic rings. The van der Waals surface area contributed by atoms with Crippen molar-refractivity contribution in [1.82, 2.24) is 10.3 Å². The SMILES string of the molecule is Cc1ccc(-c2nc(CCNC(=O)C3CC3c3ccccc3Cl)cs2)cc1. The summed E-state index contributed by atoms with van der Waals surface area (Å²) in [5, 5.41) is 6.90. The second-order valence-corrected chi connectivity index (χ2v) is 8.29. The highest BCUT2D eigenvalue weighted by Gasteiger charge is 2.44. The van der Waals surface area contributed by atoms with Crippen LogP contribution in [0.15, 0.2) is 53.9 Å². The average Bonchev–Trinajstić information content (AvgIpc) is 3.33. The maximum atomic E-state index is 12.4. The Balaban J connectivity index is 1.28. The number of halogens is 1. The summed E-state index contributed by atoms with van der Waals surface area (Å²) in [7, 11) is 0. The lowest BCUT2D eigenvalue weighted by molar-refractivity contribution is -0.122. The van der Waals surface area contributed by atoms with Crippen LogP contribution in [-0.4, -0.2) is 17.4 Å². The van der Waals surface area contributed by atoms with Crippen LogP contribution >= 0.6 is 22.9 Å². The van der Waals surface area contributed by atoms with Gasteiger partial charge in [-0.2, -0.15) is 0 Å². The quantitative estimate of drug-likeness (QED) is 0.619. The van der Waals surface area contributed by atoms with Crippen LogP contribution in [0.1, 0.15) is 29.2 Å². The Bertz CT molecular complexity index is 951. The lowest BCUT2D eigenvalue weighted by atomic mass is 10.1. The topological polar surface area (TPSA) is 42.0 Å². The van der Waals surface area contributed by atoms with Gasteiger partial charge in [0, 0.05) is 34.8 Å². The molecule has 0 aliphatic heterocycles. The molecular formula is C22H21ClN2OS. The van der Waals surface area contributed by atoms with Gasteiger partial charge in [-0.3, -0.25) is 4.79 Å². The highest BCUT2D eigenvalue weighted by molar-refractivity contribution is 7.13. The first-order valence-corrected chi connectivity index (χ1v) is 10.4. The molecule has 2 aromatic carbocycles. The largest absolute Gasteiger partial charge is 0.355 e. The predicted octanol–water partition coefficient (Wildman–Crippen LogP) is 5.23. The van der Waals surface area contributed by atoms with Crippen LogP contribution in [0, 0.1) is 12.8 Å². The molecule has 5 heteroatoms. The molecule has 0 radical (unpaired) electrons. The number of aromatic nitrogens is 1. The van der Waals surface area contributed by atoms with Crippen molar-refractivity contribution in [3.05, 3.63) is 75.8 Å². The maximum absolute atomic E-state index is 12.4. The summed E-state index contributed by atoms with van der Waals surface area (Å²) in [5.74, 6) is 0.420. The smallest absolute Gasteiger partial charge is 0.223 e. The number of benzene rings is 2. The van der Waals surface area contributed by atoms with Crippen LogP contribution < -0.4 is 5.32 Å². The van der Waals surface area contributed by atoms with Gasteiger partial charge < -0.3 is 5.32 Å². The molecule has 4 rings (SSSR count). The van der Waals surface area contributed by atoms with Crippen molar-refractivity contribution in [2.45, 2.75) is 25.7 Å². The van der Waals surface area contributed by atoms with Crippen molar-refractivity contribution in [2.75, 3.05) is 6.54 Å². The Kier molecular flexibility index (Phi) is 5.28. The third-order valence-electron chi connectivity index (χ3n) is 4.96. The number of thiazole rings is 1. The monoisotopic (exact) mass is 396 g/mol. The molecular weight excluding hydrogens is 376 g/mol. The summed E-state index contributed by atoms with van der Waals surface area (Å²) in [6, 6.07) is 16.2. The zero-order valence-electron chi connectivity index (χ0n) is 15.1. The molecule has 1 N–H and O–H groups in total. The van der Waals surface area contributed by atoms with E-state index in [0.29, 0.717) is 6.54 Å². The number of carbonyl (C=O) groups excluding carboxylic acids is 1. The lowest BCUT2D eigenvalue weighted by Crippen LogP contribution is -2.27. The van der Waals surface area contributed by atoms with Crippen molar-refractivity contribution < 1.29 is 4.79 Å². The standard InChI is InChI=1S/C22H21ClN2OS/c1-14-6-8-15(9-7-14)22-25-16(13-27-22)10-11-24-21(26)19-12-18(19)17-4-2-3-5-20(17)23/h2-9,13,18-19H,10-12H2,1H3,(H,24,26). The molecule has 1 aliphatic rings. The molecule has 0 saturated heterocycles. The van der Waals surface area contributed by atoms with Gasteiger partial charge in [0.15, 0.2) is 0 Å². The first kappa shape index (κ1) is 18.2. The van der Waals surface area contributed by atoms with E-state index in [1.807, 2.05) is 24.3 Å². The molecule has 2 atom stereocenters. The predicted molar refractivity (Wildman–Crippen MR) is 111 cm³/mol. The highest BCUT2D eigenvalue weighted by Crippen LogP contribution is 2.49. The van der Waals surface area contributed by atoms with E-state index in [1.165, 1.54) is 5.56 Å². The molecule has 1 fully saturated rings. The van der Waals surface area contributed by atoms with Gasteiger partial charge in [-0.05, 0) is 30.9 Å². The Morgan fingerprint density at radius 1 is 1.22 bits per heavy atom. The fraction of sp³-hybridized carbons (Fsp3) is 0.273. The second kappa shape index (κ2) is 7.83. The van der Waals surface area contributed by atoms with E-state index in [1.54, 1.807) is 11.3 Å². The molecule has 2 unspecified atom stereocenters. The Morgan fingerprint density at radius 2 is 2.00 bits per heavy atom. The van der Waals surface area contributed by atoms with Gasteiger partial charge in [0.05, 0.1) is 5.69 Å². The molecule has 1 heterocycles. The van der Waals surface area contributed by atoms with Crippen LogP contribution in [0.3, 0.4) is 0 Å². The molecule has 3 nitrogen and oxygen atoms in total. The third kappa shape index (κ3) is 4.23. The molecule has 0 bridgehead atoms. The molecule has 1 aliphatic carbocycles. The van der Waals surface area contributed by atoms with Gasteiger partial charge in [0.1, 0.15) is 5.01 Å². The number of carbonyl (C=O) groups is 1. The third-order valence-corrected chi connectivity index (χ3v) is 6.25. The van der Waals surface area contributed by atoms with Gasteiger partial charge in [0.2, 0.25) is 5.91 Å². The summed E-state index contributed by atoms with van der Waals surface area (Å²) in [6.45, 7) is 2.69. The van der Waals surface area contributed by atoms with E-state index in [0.717, 1.165) is 39.7 Å². The normalized spacial score (nSPS) is 18.3. The minimum atomic E-state index is 0.0449. The Morgan fingerprint density at radius 3 is 2.78 bits per heavy atom. The zero-order chi connectivity index (χ0) is 18.8. The fourth-order valence-electron chi connectivity index (χ4n) is 3.30. The summed E-state index contributed by atoms with van der Waals surface area (Å²) in [6.07, 6.45) is 1.63. The van der Waals surface area contributed by atoms with Crippen molar-refractivity contribution >= 4 is 28.8 Å². The highest BCUT2D eigenvalue weighted by atomic mass is 35.5. The van der Waals surface area contributed by atoms with Crippen molar-refractivity contribution in [3.8, 4) is 10.6 Å². The second-order valence-electron chi connectivity index (χ2n) is 7.02. The number of aryl methyl sites for hydroxylation is 1. The number of hydrogen-bond donors (Lipinski definition) is 1. The van der Waals surface area contributed by atoms with Gasteiger partial charge in [0.25, 0.3) is 0 Å². The molecule has 1 amide bonds. The van der Waals surface area contributed by atoms with Gasteiger partial charge in [-0.1, -0.05) is 59.6 Å². The maximum Gasteiger partial charge on any atom is 0.223 e. The van der Waals surface area contributed by atoms with Gasteiger partial charge in [-0.15, -0.1) is 11.3 Å². The minimum absolute atomic E-state index is 0.0449. The summed E-state index contributed by atoms with van der Waals surface area (Å²) < 4.78 is 0. The average molecular weight is 397 g/mol. The van der Waals surface area contributed by atoms with E-state index in [-0.39, 0.29) is 17.7 Å². The molecule has 1 aromatic heterocycles. The molecule has 0 spiro atoms. The van der Waals surface area contributed by atoms with Crippen LogP contribution in [0.2, 0.25) is 5.02 Å². The van der Waals surface area contributed by atoms with E-state index in [4.69, 9.17) is 16.6 Å². The van der Waals surface area contributed by atoms with Crippen LogP contribution in [0.5, 0.6) is 0 Å². The van der Waals surface area contributed by atoms with Crippen molar-refractivity contribution in [1.29, 1.82) is 0 Å². The van der Waals surface area contributed by atoms with Crippen molar-refractivity contribution in [3.63, 3.8) is 0 Å². The van der Waals surface area contributed by atoms with Crippen molar-refractivity contribution in [2.24, 2.45) is 5.92 Å². The van der Waals surface area contributed by atoms with Gasteiger partial charge >= 0.3 is 0 Å². The zero-order valence-corrected chi connectivity index (χ0v) is 16.7. The Labute approximate surface area is 168 Å². The van der Waals surface area contributed by atoms with Gasteiger partial charge in [-0.25, -0.2) is 4.98 Å². The lowest BCUT2D eigenvalue weighted by Gasteiger charge is -2.05. The van der Waals surface area contributed by atoms with Crippen LogP contribution in [-0.2, 0) is 11.2 Å². The summed E-state index contributed by atoms with van der Waals surface area (Å²) in [4.78, 5) is 17.1. The fourth-order valence-corrected chi connectivity index (χ4v) is 4.44. The van der Waals surface area contributed by atoms with Crippen LogP contribution in [0.4, 0.5) is 0 Å². The Hall–Kier alpha value is -2.17. The number of nitrogens with one attached hydrogen (secondary N) is 1. The number of nitrogens with zero attached hydrogens (tertiary/aromatic N) is 1. The number of hydrogen-bond acceptors (Lipinski definition) is 3.